The van der Waals surface area contributed by atoms with Crippen LogP contribution in [0.3, 0.4) is 0 Å². The molecule has 0 spiro atoms. The van der Waals surface area contributed by atoms with Crippen LogP contribution in [0.1, 0.15) is 42.5 Å². The molecule has 0 radical (unpaired) electrons. The minimum atomic E-state index is -0.405. The standard InChI is InChI=1S/C13H15NO3S/c15-9-10-6-7-13(12(8-10)14(16)17)18-11-4-2-1-3-5-11/h6-9,11H,1-5H2. The Morgan fingerprint density at radius 2 is 2.00 bits per heavy atom. The number of aldehydes is 1. The quantitative estimate of drug-likeness (QED) is 0.471. The zero-order valence-electron chi connectivity index (χ0n) is 10.0. The molecule has 1 aliphatic carbocycles. The van der Waals surface area contributed by atoms with Crippen molar-refractivity contribution >= 4 is 23.7 Å². The van der Waals surface area contributed by atoms with Gasteiger partial charge in [-0.2, -0.15) is 0 Å². The maximum Gasteiger partial charge on any atom is 0.283 e. The second-order valence-electron chi connectivity index (χ2n) is 4.48. The molecule has 1 fully saturated rings. The van der Waals surface area contributed by atoms with E-state index >= 15 is 0 Å². The normalized spacial score (nSPS) is 16.4. The molecule has 1 saturated carbocycles. The van der Waals surface area contributed by atoms with Crippen LogP contribution in [-0.2, 0) is 0 Å². The van der Waals surface area contributed by atoms with Crippen LogP contribution in [0, 0.1) is 10.1 Å². The van der Waals surface area contributed by atoms with Crippen molar-refractivity contribution in [2.45, 2.75) is 42.2 Å². The van der Waals surface area contributed by atoms with E-state index in [1.165, 1.54) is 25.3 Å². The zero-order valence-corrected chi connectivity index (χ0v) is 10.8. The summed E-state index contributed by atoms with van der Waals surface area (Å²) in [6.07, 6.45) is 6.57. The third-order valence-electron chi connectivity index (χ3n) is 3.16. The van der Waals surface area contributed by atoms with E-state index in [0.29, 0.717) is 22.0 Å². The van der Waals surface area contributed by atoms with E-state index in [9.17, 15) is 14.9 Å². The van der Waals surface area contributed by atoms with Crippen LogP contribution in [0.25, 0.3) is 0 Å². The minimum absolute atomic E-state index is 0.0511. The van der Waals surface area contributed by atoms with Crippen LogP contribution in [-0.4, -0.2) is 16.5 Å². The summed E-state index contributed by atoms with van der Waals surface area (Å²) < 4.78 is 0. The Hall–Kier alpha value is -1.36. The highest BCUT2D eigenvalue weighted by Gasteiger charge is 2.20. The average Bonchev–Trinajstić information content (AvgIpc) is 2.40. The van der Waals surface area contributed by atoms with Gasteiger partial charge in [-0.05, 0) is 18.9 Å². The van der Waals surface area contributed by atoms with Gasteiger partial charge in [0, 0.05) is 16.9 Å². The molecule has 1 aliphatic rings. The summed E-state index contributed by atoms with van der Waals surface area (Å²) in [5.41, 5.74) is 0.407. The Kier molecular flexibility index (Phi) is 4.36. The zero-order chi connectivity index (χ0) is 13.0. The van der Waals surface area contributed by atoms with E-state index in [-0.39, 0.29) is 5.69 Å². The molecule has 96 valence electrons. The molecule has 5 heteroatoms. The first kappa shape index (κ1) is 13.1. The van der Waals surface area contributed by atoms with Gasteiger partial charge in [0.2, 0.25) is 0 Å². The number of carbonyl (C=O) groups is 1. The first-order valence-corrected chi connectivity index (χ1v) is 6.99. The number of nitrogens with zero attached hydrogens (tertiary/aromatic N) is 1. The lowest BCUT2D eigenvalue weighted by Crippen LogP contribution is -2.08. The van der Waals surface area contributed by atoms with Crippen molar-refractivity contribution in [1.82, 2.24) is 0 Å². The van der Waals surface area contributed by atoms with Crippen molar-refractivity contribution in [3.8, 4) is 0 Å². The van der Waals surface area contributed by atoms with Crippen molar-refractivity contribution in [3.05, 3.63) is 33.9 Å². The summed E-state index contributed by atoms with van der Waals surface area (Å²) in [5, 5.41) is 11.5. The number of hydrogen-bond donors (Lipinski definition) is 0. The highest BCUT2D eigenvalue weighted by Crippen LogP contribution is 2.38. The average molecular weight is 265 g/mol. The second-order valence-corrected chi connectivity index (χ2v) is 5.82. The molecule has 0 aliphatic heterocycles. The Balaban J connectivity index is 2.20. The van der Waals surface area contributed by atoms with Crippen LogP contribution in [0.5, 0.6) is 0 Å². The van der Waals surface area contributed by atoms with Gasteiger partial charge in [-0.15, -0.1) is 11.8 Å². The molecule has 0 unspecified atom stereocenters. The lowest BCUT2D eigenvalue weighted by Gasteiger charge is -2.20. The number of rotatable bonds is 4. The Morgan fingerprint density at radius 1 is 1.28 bits per heavy atom. The van der Waals surface area contributed by atoms with Crippen LogP contribution in [0.15, 0.2) is 23.1 Å². The summed E-state index contributed by atoms with van der Waals surface area (Å²) in [4.78, 5) is 21.9. The van der Waals surface area contributed by atoms with E-state index < -0.39 is 4.92 Å². The third kappa shape index (κ3) is 3.10. The molecule has 0 N–H and O–H groups in total. The molecular formula is C13H15NO3S. The van der Waals surface area contributed by atoms with Gasteiger partial charge >= 0.3 is 0 Å². The lowest BCUT2D eigenvalue weighted by molar-refractivity contribution is -0.387. The maximum atomic E-state index is 11.0. The molecule has 2 rings (SSSR count). The number of benzene rings is 1. The molecule has 18 heavy (non-hydrogen) atoms. The van der Waals surface area contributed by atoms with Crippen molar-refractivity contribution in [2.24, 2.45) is 0 Å². The predicted molar refractivity (Wildman–Crippen MR) is 71.2 cm³/mol. The second kappa shape index (κ2) is 6.00. The number of carbonyl (C=O) groups excluding carboxylic acids is 1. The third-order valence-corrected chi connectivity index (χ3v) is 4.57. The van der Waals surface area contributed by atoms with Gasteiger partial charge in [-0.3, -0.25) is 14.9 Å². The van der Waals surface area contributed by atoms with Gasteiger partial charge < -0.3 is 0 Å². The fourth-order valence-corrected chi connectivity index (χ4v) is 3.54. The van der Waals surface area contributed by atoms with Gasteiger partial charge in [0.15, 0.2) is 0 Å². The minimum Gasteiger partial charge on any atom is -0.298 e. The summed E-state index contributed by atoms with van der Waals surface area (Å²) in [5.74, 6) is 0. The van der Waals surface area contributed by atoms with Crippen molar-refractivity contribution in [3.63, 3.8) is 0 Å². The molecule has 0 heterocycles. The van der Waals surface area contributed by atoms with Crippen LogP contribution >= 0.6 is 11.8 Å². The van der Waals surface area contributed by atoms with Crippen molar-refractivity contribution in [1.29, 1.82) is 0 Å². The molecule has 0 aromatic heterocycles. The van der Waals surface area contributed by atoms with E-state index in [1.54, 1.807) is 23.9 Å². The van der Waals surface area contributed by atoms with E-state index in [2.05, 4.69) is 0 Å². The molecule has 0 saturated heterocycles. The van der Waals surface area contributed by atoms with E-state index in [1.807, 2.05) is 0 Å². The monoisotopic (exact) mass is 265 g/mol. The molecule has 1 aromatic carbocycles. The Morgan fingerprint density at radius 3 is 2.61 bits per heavy atom. The number of nitro groups is 1. The van der Waals surface area contributed by atoms with Crippen LogP contribution in [0.4, 0.5) is 5.69 Å². The Bertz CT molecular complexity index is 456. The maximum absolute atomic E-state index is 11.0. The van der Waals surface area contributed by atoms with Gasteiger partial charge in [0.05, 0.1) is 9.82 Å². The molecule has 0 amide bonds. The first-order chi connectivity index (χ1) is 8.70. The van der Waals surface area contributed by atoms with Crippen LogP contribution in [0.2, 0.25) is 0 Å². The summed E-state index contributed by atoms with van der Waals surface area (Å²) in [6, 6.07) is 4.70. The summed E-state index contributed by atoms with van der Waals surface area (Å²) in [6.45, 7) is 0. The smallest absolute Gasteiger partial charge is 0.283 e. The number of nitro benzene ring substituents is 1. The fraction of sp³-hybridized carbons (Fsp3) is 0.462. The molecule has 0 atom stereocenters. The van der Waals surface area contributed by atoms with E-state index in [4.69, 9.17) is 0 Å². The largest absolute Gasteiger partial charge is 0.298 e. The molecular weight excluding hydrogens is 250 g/mol. The SMILES string of the molecule is O=Cc1ccc(SC2CCCCC2)c([N+](=O)[O-])c1. The topological polar surface area (TPSA) is 60.2 Å². The lowest BCUT2D eigenvalue weighted by atomic mass is 10.0. The van der Waals surface area contributed by atoms with Gasteiger partial charge in [0.1, 0.15) is 6.29 Å². The van der Waals surface area contributed by atoms with Gasteiger partial charge in [0.25, 0.3) is 5.69 Å². The highest BCUT2D eigenvalue weighted by molar-refractivity contribution is 8.00. The van der Waals surface area contributed by atoms with E-state index in [0.717, 1.165) is 12.8 Å². The number of hydrogen-bond acceptors (Lipinski definition) is 4. The summed E-state index contributed by atoms with van der Waals surface area (Å²) in [7, 11) is 0. The molecule has 4 nitrogen and oxygen atoms in total. The molecule has 0 bridgehead atoms. The molecule has 1 aromatic rings. The fourth-order valence-electron chi connectivity index (χ4n) is 2.21. The summed E-state index contributed by atoms with van der Waals surface area (Å²) >= 11 is 1.58. The van der Waals surface area contributed by atoms with Crippen molar-refractivity contribution in [2.75, 3.05) is 0 Å². The van der Waals surface area contributed by atoms with Gasteiger partial charge in [-0.1, -0.05) is 25.3 Å². The highest BCUT2D eigenvalue weighted by atomic mass is 32.2. The number of thioether (sulfide) groups is 1. The first-order valence-electron chi connectivity index (χ1n) is 6.11. The van der Waals surface area contributed by atoms with Crippen LogP contribution < -0.4 is 0 Å². The van der Waals surface area contributed by atoms with Gasteiger partial charge in [-0.25, -0.2) is 0 Å². The van der Waals surface area contributed by atoms with Crippen molar-refractivity contribution < 1.29 is 9.72 Å². The Labute approximate surface area is 110 Å². The predicted octanol–water partition coefficient (Wildman–Crippen LogP) is 3.83.